The highest BCUT2D eigenvalue weighted by Crippen LogP contribution is 2.20. The number of hydrogen-bond donors (Lipinski definition) is 1. The van der Waals surface area contributed by atoms with E-state index in [0.717, 1.165) is 0 Å². The van der Waals surface area contributed by atoms with E-state index in [1.54, 1.807) is 24.3 Å². The Bertz CT molecular complexity index is 765. The van der Waals surface area contributed by atoms with Gasteiger partial charge in [-0.25, -0.2) is 5.43 Å². The van der Waals surface area contributed by atoms with E-state index in [0.29, 0.717) is 20.6 Å². The van der Waals surface area contributed by atoms with Crippen molar-refractivity contribution < 1.29 is 9.72 Å². The van der Waals surface area contributed by atoms with E-state index in [1.165, 1.54) is 24.4 Å². The lowest BCUT2D eigenvalue weighted by Crippen LogP contribution is -2.18. The molecular weight excluding hydrogens is 374 g/mol. The Morgan fingerprint density at radius 2 is 2.05 bits per heavy atom. The summed E-state index contributed by atoms with van der Waals surface area (Å²) in [5.41, 5.74) is 2.99. The zero-order valence-corrected chi connectivity index (χ0v) is 13.3. The van der Waals surface area contributed by atoms with Crippen molar-refractivity contribution in [3.8, 4) is 0 Å². The van der Waals surface area contributed by atoms with Gasteiger partial charge in [-0.05, 0) is 34.1 Å². The number of benzene rings is 2. The van der Waals surface area contributed by atoms with Gasteiger partial charge in [0.25, 0.3) is 11.6 Å². The van der Waals surface area contributed by atoms with Crippen LogP contribution in [0.1, 0.15) is 15.9 Å². The topological polar surface area (TPSA) is 84.6 Å². The lowest BCUT2D eigenvalue weighted by molar-refractivity contribution is -0.384. The van der Waals surface area contributed by atoms with Crippen LogP contribution in [0.5, 0.6) is 0 Å². The summed E-state index contributed by atoms with van der Waals surface area (Å²) in [6.45, 7) is 0. The second-order valence-electron chi connectivity index (χ2n) is 4.14. The van der Waals surface area contributed by atoms with Crippen molar-refractivity contribution in [2.75, 3.05) is 0 Å². The smallest absolute Gasteiger partial charge is 0.267 e. The van der Waals surface area contributed by atoms with E-state index in [1.807, 2.05) is 0 Å². The summed E-state index contributed by atoms with van der Waals surface area (Å²) in [6, 6.07) is 10.8. The summed E-state index contributed by atoms with van der Waals surface area (Å²) in [7, 11) is 0. The molecule has 22 heavy (non-hydrogen) atoms. The van der Waals surface area contributed by atoms with Crippen molar-refractivity contribution in [1.82, 2.24) is 5.43 Å². The van der Waals surface area contributed by atoms with Crippen LogP contribution in [-0.4, -0.2) is 17.0 Å². The predicted molar refractivity (Wildman–Crippen MR) is 87.3 cm³/mol. The maximum atomic E-state index is 11.9. The Morgan fingerprint density at radius 3 is 2.73 bits per heavy atom. The second kappa shape index (κ2) is 7.15. The average Bonchev–Trinajstić information content (AvgIpc) is 2.49. The number of hydrazone groups is 1. The highest BCUT2D eigenvalue weighted by atomic mass is 79.9. The molecule has 0 aromatic heterocycles. The molecule has 1 N–H and O–H groups in total. The van der Waals surface area contributed by atoms with Gasteiger partial charge in [-0.2, -0.15) is 5.10 Å². The summed E-state index contributed by atoms with van der Waals surface area (Å²) < 4.78 is 0.635. The van der Waals surface area contributed by atoms with Crippen LogP contribution >= 0.6 is 27.5 Å². The molecule has 6 nitrogen and oxygen atoms in total. The van der Waals surface area contributed by atoms with Gasteiger partial charge in [0.1, 0.15) is 0 Å². The fourth-order valence-corrected chi connectivity index (χ4v) is 2.24. The van der Waals surface area contributed by atoms with Gasteiger partial charge in [-0.15, -0.1) is 0 Å². The summed E-state index contributed by atoms with van der Waals surface area (Å²) >= 11 is 9.19. The van der Waals surface area contributed by atoms with E-state index in [4.69, 9.17) is 11.6 Å². The number of nitro benzene ring substituents is 1. The highest BCUT2D eigenvalue weighted by molar-refractivity contribution is 9.10. The minimum absolute atomic E-state index is 0.108. The third-order valence-corrected chi connectivity index (χ3v) is 3.71. The van der Waals surface area contributed by atoms with Crippen LogP contribution in [0.2, 0.25) is 5.02 Å². The summed E-state index contributed by atoms with van der Waals surface area (Å²) in [5.74, 6) is -0.412. The molecule has 0 unspecified atom stereocenters. The minimum atomic E-state index is -0.534. The van der Waals surface area contributed by atoms with E-state index in [2.05, 4.69) is 26.5 Å². The van der Waals surface area contributed by atoms with Crippen molar-refractivity contribution in [2.24, 2.45) is 5.10 Å². The Balaban J connectivity index is 2.13. The first-order valence-electron chi connectivity index (χ1n) is 6.01. The predicted octanol–water partition coefficient (Wildman–Crippen LogP) is 3.77. The van der Waals surface area contributed by atoms with Gasteiger partial charge in [0.2, 0.25) is 0 Å². The number of non-ortho nitro benzene ring substituents is 1. The van der Waals surface area contributed by atoms with Crippen LogP contribution in [-0.2, 0) is 0 Å². The van der Waals surface area contributed by atoms with Crippen LogP contribution in [0.25, 0.3) is 0 Å². The molecule has 2 aromatic carbocycles. The fraction of sp³-hybridized carbons (Fsp3) is 0. The van der Waals surface area contributed by atoms with Crippen molar-refractivity contribution in [1.29, 1.82) is 0 Å². The van der Waals surface area contributed by atoms with Gasteiger partial charge >= 0.3 is 0 Å². The molecular formula is C14H9BrClN3O3. The average molecular weight is 383 g/mol. The molecule has 0 aliphatic rings. The largest absolute Gasteiger partial charge is 0.272 e. The van der Waals surface area contributed by atoms with Crippen molar-refractivity contribution in [3.63, 3.8) is 0 Å². The number of nitrogens with one attached hydrogen (secondary N) is 1. The normalized spacial score (nSPS) is 10.6. The summed E-state index contributed by atoms with van der Waals surface area (Å²) in [6.07, 6.45) is 1.25. The SMILES string of the molecule is O=C(N/N=C\c1cc([N+](=O)[O-])ccc1Cl)c1ccccc1Br. The van der Waals surface area contributed by atoms with Crippen LogP contribution in [0.3, 0.4) is 0 Å². The Labute approximate surface area is 139 Å². The van der Waals surface area contributed by atoms with Crippen LogP contribution in [0.15, 0.2) is 52.0 Å². The fourth-order valence-electron chi connectivity index (χ4n) is 1.61. The zero-order valence-electron chi connectivity index (χ0n) is 11.0. The van der Waals surface area contributed by atoms with Gasteiger partial charge < -0.3 is 0 Å². The number of hydrogen-bond acceptors (Lipinski definition) is 4. The molecule has 0 spiro atoms. The number of amides is 1. The molecule has 1 amide bonds. The van der Waals surface area contributed by atoms with Gasteiger partial charge in [-0.1, -0.05) is 23.7 Å². The highest BCUT2D eigenvalue weighted by Gasteiger charge is 2.09. The Morgan fingerprint density at radius 1 is 1.32 bits per heavy atom. The molecule has 0 radical (unpaired) electrons. The first-order chi connectivity index (χ1) is 10.5. The number of carbonyl (C=O) groups is 1. The molecule has 2 rings (SSSR count). The van der Waals surface area contributed by atoms with Crippen molar-refractivity contribution >= 4 is 45.3 Å². The molecule has 0 saturated heterocycles. The lowest BCUT2D eigenvalue weighted by Gasteiger charge is -2.02. The number of nitrogens with zero attached hydrogens (tertiary/aromatic N) is 2. The quantitative estimate of drug-likeness (QED) is 0.496. The molecule has 0 fully saturated rings. The molecule has 0 bridgehead atoms. The van der Waals surface area contributed by atoms with E-state index in [9.17, 15) is 14.9 Å². The third-order valence-electron chi connectivity index (χ3n) is 2.68. The zero-order chi connectivity index (χ0) is 16.1. The van der Waals surface area contributed by atoms with Crippen molar-refractivity contribution in [2.45, 2.75) is 0 Å². The first kappa shape index (κ1) is 16.1. The van der Waals surface area contributed by atoms with Gasteiger partial charge in [0.05, 0.1) is 16.7 Å². The molecule has 0 aliphatic carbocycles. The lowest BCUT2D eigenvalue weighted by atomic mass is 10.2. The van der Waals surface area contributed by atoms with Gasteiger partial charge in [-0.3, -0.25) is 14.9 Å². The Hall–Kier alpha value is -2.25. The van der Waals surface area contributed by atoms with E-state index < -0.39 is 10.8 Å². The molecule has 8 heteroatoms. The third kappa shape index (κ3) is 3.90. The molecule has 0 saturated carbocycles. The monoisotopic (exact) mass is 381 g/mol. The van der Waals surface area contributed by atoms with Crippen LogP contribution < -0.4 is 5.43 Å². The van der Waals surface area contributed by atoms with E-state index in [-0.39, 0.29) is 5.69 Å². The Kier molecular flexibility index (Phi) is 5.24. The van der Waals surface area contributed by atoms with Gasteiger partial charge in [0.15, 0.2) is 0 Å². The number of rotatable bonds is 4. The standard InChI is InChI=1S/C14H9BrClN3O3/c15-12-4-2-1-3-11(12)14(20)18-17-8-9-7-10(19(21)22)5-6-13(9)16/h1-8H,(H,18,20)/b17-8-. The molecule has 0 aliphatic heterocycles. The maximum absolute atomic E-state index is 11.9. The van der Waals surface area contributed by atoms with Gasteiger partial charge in [0, 0.05) is 27.2 Å². The number of nitro groups is 1. The van der Waals surface area contributed by atoms with Crippen LogP contribution in [0.4, 0.5) is 5.69 Å². The molecule has 0 atom stereocenters. The molecule has 112 valence electrons. The maximum Gasteiger partial charge on any atom is 0.272 e. The summed E-state index contributed by atoms with van der Waals surface area (Å²) in [5, 5.41) is 14.8. The van der Waals surface area contributed by atoms with Crippen LogP contribution in [0, 0.1) is 10.1 Å². The number of halogens is 2. The first-order valence-corrected chi connectivity index (χ1v) is 7.18. The van der Waals surface area contributed by atoms with E-state index >= 15 is 0 Å². The molecule has 0 heterocycles. The summed E-state index contributed by atoms with van der Waals surface area (Å²) in [4.78, 5) is 22.1. The second-order valence-corrected chi connectivity index (χ2v) is 5.40. The van der Waals surface area contributed by atoms with Crippen molar-refractivity contribution in [3.05, 3.63) is 73.2 Å². The minimum Gasteiger partial charge on any atom is -0.267 e. The number of carbonyl (C=O) groups excluding carboxylic acids is 1. The molecule has 2 aromatic rings.